The van der Waals surface area contributed by atoms with E-state index in [-0.39, 0.29) is 0 Å². The molecule has 4 aromatic heterocycles. The number of benzene rings is 3. The molecule has 4 nitrogen and oxygen atoms in total. The van der Waals surface area contributed by atoms with Crippen LogP contribution in [0.25, 0.3) is 67.3 Å². The van der Waals surface area contributed by atoms with Crippen molar-refractivity contribution in [1.82, 2.24) is 19.9 Å². The third-order valence-corrected chi connectivity index (χ3v) is 7.33. The van der Waals surface area contributed by atoms with E-state index in [1.165, 1.54) is 11.1 Å². The maximum atomic E-state index is 4.87. The fourth-order valence-corrected chi connectivity index (χ4v) is 5.43. The van der Waals surface area contributed by atoms with Gasteiger partial charge in [0.15, 0.2) is 0 Å². The monoisotopic (exact) mass is 538 g/mol. The largest absolute Gasteiger partial charge is 0.256 e. The van der Waals surface area contributed by atoms with Crippen LogP contribution >= 0.6 is 0 Å². The van der Waals surface area contributed by atoms with Crippen molar-refractivity contribution in [2.24, 2.45) is 0 Å². The zero-order valence-corrected chi connectivity index (χ0v) is 22.8. The average molecular weight is 539 g/mol. The van der Waals surface area contributed by atoms with Gasteiger partial charge in [-0.15, -0.1) is 0 Å². The molecular formula is C38H26N4. The van der Waals surface area contributed by atoms with Crippen molar-refractivity contribution in [2.45, 2.75) is 0 Å². The van der Waals surface area contributed by atoms with Crippen LogP contribution in [0.1, 0.15) is 0 Å². The molecule has 0 bridgehead atoms. The Kier molecular flexibility index (Phi) is 6.85. The number of hydrogen-bond acceptors (Lipinski definition) is 4. The van der Waals surface area contributed by atoms with E-state index in [9.17, 15) is 0 Å². The molecule has 0 saturated carbocycles. The van der Waals surface area contributed by atoms with Crippen molar-refractivity contribution >= 4 is 0 Å². The van der Waals surface area contributed by atoms with Crippen LogP contribution in [0.4, 0.5) is 0 Å². The van der Waals surface area contributed by atoms with E-state index in [0.717, 1.165) is 56.2 Å². The summed E-state index contributed by atoms with van der Waals surface area (Å²) in [4.78, 5) is 19.4. The molecule has 0 N–H and O–H groups in total. The number of pyridine rings is 4. The highest BCUT2D eigenvalue weighted by atomic mass is 14.7. The molecule has 42 heavy (non-hydrogen) atoms. The van der Waals surface area contributed by atoms with Gasteiger partial charge in [-0.05, 0) is 76.9 Å². The minimum absolute atomic E-state index is 0.846. The van der Waals surface area contributed by atoms with Crippen molar-refractivity contribution in [1.29, 1.82) is 0 Å². The summed E-state index contributed by atoms with van der Waals surface area (Å²) < 4.78 is 0. The van der Waals surface area contributed by atoms with Crippen LogP contribution in [0, 0.1) is 0 Å². The predicted molar refractivity (Wildman–Crippen MR) is 170 cm³/mol. The van der Waals surface area contributed by atoms with Gasteiger partial charge in [0, 0.05) is 47.0 Å². The Hall–Kier alpha value is -5.74. The number of rotatable bonds is 6. The normalized spacial score (nSPS) is 10.9. The van der Waals surface area contributed by atoms with E-state index in [2.05, 4.69) is 66.7 Å². The van der Waals surface area contributed by atoms with Crippen LogP contribution in [0.15, 0.2) is 158 Å². The second-order valence-corrected chi connectivity index (χ2v) is 9.90. The smallest absolute Gasteiger partial charge is 0.0716 e. The van der Waals surface area contributed by atoms with Crippen molar-refractivity contribution < 1.29 is 0 Å². The molecule has 7 rings (SSSR count). The second kappa shape index (κ2) is 11.4. The molecule has 3 aromatic carbocycles. The lowest BCUT2D eigenvalue weighted by Gasteiger charge is -2.22. The summed E-state index contributed by atoms with van der Waals surface area (Å²) in [6.45, 7) is 0. The van der Waals surface area contributed by atoms with Gasteiger partial charge in [-0.25, -0.2) is 0 Å². The summed E-state index contributed by atoms with van der Waals surface area (Å²) in [5, 5.41) is 0. The maximum Gasteiger partial charge on any atom is 0.0716 e. The second-order valence-electron chi connectivity index (χ2n) is 9.90. The molecule has 0 saturated heterocycles. The van der Waals surface area contributed by atoms with Gasteiger partial charge in [-0.2, -0.15) is 0 Å². The van der Waals surface area contributed by atoms with Gasteiger partial charge in [0.2, 0.25) is 0 Å². The molecule has 0 fully saturated rings. The molecule has 7 aromatic rings. The first-order valence-electron chi connectivity index (χ1n) is 13.9. The molecule has 4 heterocycles. The zero-order valence-electron chi connectivity index (χ0n) is 22.8. The van der Waals surface area contributed by atoms with Gasteiger partial charge < -0.3 is 0 Å². The fourth-order valence-electron chi connectivity index (χ4n) is 5.43. The number of nitrogens with zero attached hydrogens (tertiary/aromatic N) is 4. The predicted octanol–water partition coefficient (Wildman–Crippen LogP) is 9.27. The fraction of sp³-hybridized carbons (Fsp3) is 0. The molecule has 0 radical (unpaired) electrons. The third kappa shape index (κ3) is 4.87. The summed E-state index contributed by atoms with van der Waals surface area (Å²) >= 11 is 0. The molecule has 0 atom stereocenters. The van der Waals surface area contributed by atoms with E-state index in [4.69, 9.17) is 19.9 Å². The Morgan fingerprint density at radius 1 is 0.286 bits per heavy atom. The Labute approximate surface area is 245 Å². The van der Waals surface area contributed by atoms with Gasteiger partial charge >= 0.3 is 0 Å². The lowest BCUT2D eigenvalue weighted by Crippen LogP contribution is -2.01. The Morgan fingerprint density at radius 2 is 0.690 bits per heavy atom. The summed E-state index contributed by atoms with van der Waals surface area (Å²) in [5.41, 5.74) is 11.8. The SMILES string of the molecule is c1ccc(-c2ccc(-c3cc(-c4ccccn4)c(-c4ccccn4)c(-c4ccccn4)c3-c3ccccn3)cc2)cc1. The molecule has 0 amide bonds. The van der Waals surface area contributed by atoms with Crippen LogP contribution in [0.2, 0.25) is 0 Å². The molecule has 0 aliphatic rings. The minimum Gasteiger partial charge on any atom is -0.256 e. The average Bonchev–Trinajstić information content (AvgIpc) is 3.09. The first-order chi connectivity index (χ1) is 20.9. The first kappa shape index (κ1) is 25.2. The van der Waals surface area contributed by atoms with Gasteiger partial charge in [0.25, 0.3) is 0 Å². The van der Waals surface area contributed by atoms with Crippen molar-refractivity contribution in [3.63, 3.8) is 0 Å². The van der Waals surface area contributed by atoms with E-state index in [1.54, 1.807) is 0 Å². The maximum absolute atomic E-state index is 4.87. The van der Waals surface area contributed by atoms with Crippen LogP contribution in [-0.2, 0) is 0 Å². The number of hydrogen-bond donors (Lipinski definition) is 0. The zero-order chi connectivity index (χ0) is 28.1. The third-order valence-electron chi connectivity index (χ3n) is 7.33. The Morgan fingerprint density at radius 3 is 1.19 bits per heavy atom. The highest BCUT2D eigenvalue weighted by molar-refractivity contribution is 6.05. The minimum atomic E-state index is 0.846. The highest BCUT2D eigenvalue weighted by Gasteiger charge is 2.25. The molecule has 0 aliphatic carbocycles. The van der Waals surface area contributed by atoms with Crippen LogP contribution < -0.4 is 0 Å². The van der Waals surface area contributed by atoms with Crippen molar-refractivity contribution in [2.75, 3.05) is 0 Å². The number of aromatic nitrogens is 4. The molecule has 0 unspecified atom stereocenters. The van der Waals surface area contributed by atoms with Gasteiger partial charge in [0.05, 0.1) is 22.8 Å². The first-order valence-corrected chi connectivity index (χ1v) is 13.9. The lowest BCUT2D eigenvalue weighted by molar-refractivity contribution is 1.27. The van der Waals surface area contributed by atoms with Gasteiger partial charge in [-0.3, -0.25) is 19.9 Å². The lowest BCUT2D eigenvalue weighted by atomic mass is 9.82. The van der Waals surface area contributed by atoms with Crippen molar-refractivity contribution in [3.05, 3.63) is 158 Å². The Balaban J connectivity index is 1.60. The van der Waals surface area contributed by atoms with E-state index in [0.29, 0.717) is 0 Å². The van der Waals surface area contributed by atoms with Gasteiger partial charge in [0.1, 0.15) is 0 Å². The highest BCUT2D eigenvalue weighted by Crippen LogP contribution is 2.48. The molecule has 4 heteroatoms. The topological polar surface area (TPSA) is 51.6 Å². The summed E-state index contributed by atoms with van der Waals surface area (Å²) in [6.07, 6.45) is 7.34. The van der Waals surface area contributed by atoms with E-state index in [1.807, 2.05) is 91.5 Å². The quantitative estimate of drug-likeness (QED) is 0.212. The van der Waals surface area contributed by atoms with Crippen LogP contribution in [0.3, 0.4) is 0 Å². The van der Waals surface area contributed by atoms with Crippen LogP contribution in [-0.4, -0.2) is 19.9 Å². The van der Waals surface area contributed by atoms with Crippen molar-refractivity contribution in [3.8, 4) is 67.3 Å². The summed E-state index contributed by atoms with van der Waals surface area (Å²) in [5.74, 6) is 0. The van der Waals surface area contributed by atoms with Crippen LogP contribution in [0.5, 0.6) is 0 Å². The van der Waals surface area contributed by atoms with E-state index < -0.39 is 0 Å². The molecule has 0 aliphatic heterocycles. The molecule has 0 spiro atoms. The van der Waals surface area contributed by atoms with Gasteiger partial charge in [-0.1, -0.05) is 78.9 Å². The molecular weight excluding hydrogens is 512 g/mol. The Bertz CT molecular complexity index is 1920. The van der Waals surface area contributed by atoms with E-state index >= 15 is 0 Å². The summed E-state index contributed by atoms with van der Waals surface area (Å²) in [7, 11) is 0. The summed E-state index contributed by atoms with van der Waals surface area (Å²) in [6, 6.07) is 45.5. The molecule has 198 valence electrons. The standard InChI is InChI=1S/C38H26N4/c1-2-12-27(13-3-1)28-18-20-29(21-19-28)30-26-31(32-14-4-8-22-39-32)37(34-16-6-10-24-41-34)38(35-17-7-11-25-42-35)36(30)33-15-5-9-23-40-33/h1-26H.